The second-order valence-electron chi connectivity index (χ2n) is 5.60. The number of likely N-dealkylation sites (N-methyl/N-ethyl adjacent to an activating group) is 1. The summed E-state index contributed by atoms with van der Waals surface area (Å²) in [5.74, 6) is -0.181. The zero-order valence-corrected chi connectivity index (χ0v) is 12.4. The van der Waals surface area contributed by atoms with Crippen molar-refractivity contribution in [3.05, 3.63) is 23.3 Å². The summed E-state index contributed by atoms with van der Waals surface area (Å²) in [5.41, 5.74) is 0.920. The van der Waals surface area contributed by atoms with Gasteiger partial charge < -0.3 is 10.2 Å². The van der Waals surface area contributed by atoms with Gasteiger partial charge in [0.2, 0.25) is 11.8 Å². The first-order valence-electron chi connectivity index (χ1n) is 5.94. The van der Waals surface area contributed by atoms with Gasteiger partial charge >= 0.3 is 0 Å². The SMILES string of the molecule is C/C(=C\C=C(/C)C(=O)N(C)C)C(=O)NC(C)(C)C. The summed E-state index contributed by atoms with van der Waals surface area (Å²) in [5, 5.41) is 2.86. The molecule has 0 rings (SSSR count). The maximum Gasteiger partial charge on any atom is 0.248 e. The Hall–Kier alpha value is -1.58. The van der Waals surface area contributed by atoms with Crippen LogP contribution in [-0.4, -0.2) is 36.3 Å². The largest absolute Gasteiger partial charge is 0.348 e. The molecule has 18 heavy (non-hydrogen) atoms. The first-order chi connectivity index (χ1) is 8.04. The smallest absolute Gasteiger partial charge is 0.248 e. The number of allylic oxidation sites excluding steroid dienone is 2. The molecule has 0 atom stereocenters. The molecule has 0 bridgehead atoms. The van der Waals surface area contributed by atoms with E-state index in [2.05, 4.69) is 5.32 Å². The number of hydrogen-bond donors (Lipinski definition) is 1. The van der Waals surface area contributed by atoms with Gasteiger partial charge in [-0.3, -0.25) is 9.59 Å². The highest BCUT2D eigenvalue weighted by Crippen LogP contribution is 2.04. The molecule has 0 unspecified atom stereocenters. The van der Waals surface area contributed by atoms with E-state index < -0.39 is 0 Å². The van der Waals surface area contributed by atoms with E-state index in [9.17, 15) is 9.59 Å². The predicted octanol–water partition coefficient (Wildman–Crippen LogP) is 1.88. The molecule has 0 radical (unpaired) electrons. The molecule has 4 nitrogen and oxygen atoms in total. The summed E-state index contributed by atoms with van der Waals surface area (Å²) in [4.78, 5) is 24.9. The quantitative estimate of drug-likeness (QED) is 0.616. The molecule has 0 fully saturated rings. The fourth-order valence-electron chi connectivity index (χ4n) is 1.19. The van der Waals surface area contributed by atoms with Crippen molar-refractivity contribution >= 4 is 11.8 Å². The van der Waals surface area contributed by atoms with E-state index in [1.807, 2.05) is 20.8 Å². The Bertz CT molecular complexity index is 385. The fraction of sp³-hybridized carbons (Fsp3) is 0.571. The van der Waals surface area contributed by atoms with E-state index >= 15 is 0 Å². The number of nitrogens with one attached hydrogen (secondary N) is 1. The highest BCUT2D eigenvalue weighted by atomic mass is 16.2. The van der Waals surface area contributed by atoms with E-state index in [0.29, 0.717) is 11.1 Å². The van der Waals surface area contributed by atoms with Crippen LogP contribution in [0.1, 0.15) is 34.6 Å². The lowest BCUT2D eigenvalue weighted by molar-refractivity contribution is -0.124. The highest BCUT2D eigenvalue weighted by molar-refractivity contribution is 5.95. The molecule has 0 spiro atoms. The van der Waals surface area contributed by atoms with Gasteiger partial charge in [-0.25, -0.2) is 0 Å². The number of rotatable bonds is 3. The van der Waals surface area contributed by atoms with E-state index in [1.165, 1.54) is 4.90 Å². The average Bonchev–Trinajstić information content (AvgIpc) is 2.21. The Labute approximate surface area is 110 Å². The number of carbonyl (C=O) groups excluding carboxylic acids is 2. The van der Waals surface area contributed by atoms with Crippen molar-refractivity contribution in [1.29, 1.82) is 0 Å². The van der Waals surface area contributed by atoms with Crippen LogP contribution in [0.3, 0.4) is 0 Å². The Morgan fingerprint density at radius 1 is 1.00 bits per heavy atom. The minimum absolute atomic E-state index is 0.0599. The zero-order valence-electron chi connectivity index (χ0n) is 12.4. The van der Waals surface area contributed by atoms with Crippen LogP contribution in [0.5, 0.6) is 0 Å². The van der Waals surface area contributed by atoms with Crippen molar-refractivity contribution in [2.75, 3.05) is 14.1 Å². The first kappa shape index (κ1) is 16.4. The zero-order chi connectivity index (χ0) is 14.5. The van der Waals surface area contributed by atoms with Gasteiger partial charge in [-0.1, -0.05) is 12.2 Å². The molecular formula is C14H24N2O2. The van der Waals surface area contributed by atoms with E-state index in [0.717, 1.165) is 0 Å². The number of nitrogens with zero attached hydrogens (tertiary/aromatic N) is 1. The first-order valence-corrected chi connectivity index (χ1v) is 5.94. The van der Waals surface area contributed by atoms with Crippen molar-refractivity contribution in [3.8, 4) is 0 Å². The lowest BCUT2D eigenvalue weighted by atomic mass is 10.1. The fourth-order valence-corrected chi connectivity index (χ4v) is 1.19. The molecule has 1 N–H and O–H groups in total. The van der Waals surface area contributed by atoms with Gasteiger partial charge in [-0.2, -0.15) is 0 Å². The van der Waals surface area contributed by atoms with E-state index in [-0.39, 0.29) is 17.4 Å². The predicted molar refractivity (Wildman–Crippen MR) is 74.1 cm³/mol. The van der Waals surface area contributed by atoms with Gasteiger partial charge in [0, 0.05) is 30.8 Å². The molecule has 0 saturated carbocycles. The summed E-state index contributed by atoms with van der Waals surface area (Å²) < 4.78 is 0. The monoisotopic (exact) mass is 252 g/mol. The van der Waals surface area contributed by atoms with Gasteiger partial charge in [0.1, 0.15) is 0 Å². The van der Waals surface area contributed by atoms with Crippen molar-refractivity contribution in [3.63, 3.8) is 0 Å². The summed E-state index contributed by atoms with van der Waals surface area (Å²) in [6.07, 6.45) is 3.33. The lowest BCUT2D eigenvalue weighted by Crippen LogP contribution is -2.40. The van der Waals surface area contributed by atoms with Crippen molar-refractivity contribution in [1.82, 2.24) is 10.2 Å². The molecule has 2 amide bonds. The minimum Gasteiger partial charge on any atom is -0.348 e. The third-order valence-corrected chi connectivity index (χ3v) is 2.17. The normalized spacial score (nSPS) is 13.3. The van der Waals surface area contributed by atoms with Crippen molar-refractivity contribution < 1.29 is 9.59 Å². The maximum absolute atomic E-state index is 11.8. The van der Waals surface area contributed by atoms with Gasteiger partial charge in [0.15, 0.2) is 0 Å². The van der Waals surface area contributed by atoms with Crippen molar-refractivity contribution in [2.45, 2.75) is 40.2 Å². The Morgan fingerprint density at radius 3 is 1.83 bits per heavy atom. The Kier molecular flexibility index (Phi) is 5.82. The molecule has 0 aromatic rings. The summed E-state index contributed by atoms with van der Waals surface area (Å²) in [7, 11) is 3.39. The Morgan fingerprint density at radius 2 is 1.44 bits per heavy atom. The standard InChI is InChI=1S/C14H24N2O2/c1-10(12(17)15-14(3,4)5)8-9-11(2)13(18)16(6)7/h8-9H,1-7H3,(H,15,17)/b10-8+,11-9+. The topological polar surface area (TPSA) is 49.4 Å². The molecule has 0 aliphatic carbocycles. The summed E-state index contributed by atoms with van der Waals surface area (Å²) >= 11 is 0. The third kappa shape index (κ3) is 6.23. The average molecular weight is 252 g/mol. The molecule has 0 aliphatic rings. The molecule has 4 heteroatoms. The second kappa shape index (κ2) is 6.38. The number of carbonyl (C=O) groups is 2. The molecule has 0 aromatic carbocycles. The van der Waals surface area contributed by atoms with Gasteiger partial charge in [0.05, 0.1) is 0 Å². The second-order valence-corrected chi connectivity index (χ2v) is 5.60. The van der Waals surface area contributed by atoms with Crippen LogP contribution in [0.2, 0.25) is 0 Å². The van der Waals surface area contributed by atoms with Crippen LogP contribution in [0, 0.1) is 0 Å². The van der Waals surface area contributed by atoms with Crippen LogP contribution >= 0.6 is 0 Å². The van der Waals surface area contributed by atoms with Crippen LogP contribution in [-0.2, 0) is 9.59 Å². The Balaban J connectivity index is 4.75. The molecule has 0 saturated heterocycles. The van der Waals surface area contributed by atoms with E-state index in [4.69, 9.17) is 0 Å². The van der Waals surface area contributed by atoms with Gasteiger partial charge in [-0.15, -0.1) is 0 Å². The van der Waals surface area contributed by atoms with Crippen LogP contribution < -0.4 is 5.32 Å². The van der Waals surface area contributed by atoms with Crippen molar-refractivity contribution in [2.24, 2.45) is 0 Å². The summed E-state index contributed by atoms with van der Waals surface area (Å²) in [6, 6.07) is 0. The van der Waals surface area contributed by atoms with Gasteiger partial charge in [-0.05, 0) is 34.6 Å². The summed E-state index contributed by atoms with van der Waals surface area (Å²) in [6.45, 7) is 9.23. The van der Waals surface area contributed by atoms with Crippen LogP contribution in [0.25, 0.3) is 0 Å². The van der Waals surface area contributed by atoms with Crippen LogP contribution in [0.4, 0.5) is 0 Å². The third-order valence-electron chi connectivity index (χ3n) is 2.17. The maximum atomic E-state index is 11.8. The molecule has 0 heterocycles. The van der Waals surface area contributed by atoms with Crippen LogP contribution in [0.15, 0.2) is 23.3 Å². The lowest BCUT2D eigenvalue weighted by Gasteiger charge is -2.20. The number of hydrogen-bond acceptors (Lipinski definition) is 2. The van der Waals surface area contributed by atoms with E-state index in [1.54, 1.807) is 40.1 Å². The minimum atomic E-state index is -0.260. The molecule has 0 aliphatic heterocycles. The van der Waals surface area contributed by atoms with Gasteiger partial charge in [0.25, 0.3) is 0 Å². The number of amides is 2. The molecule has 0 aromatic heterocycles. The molecular weight excluding hydrogens is 228 g/mol. The highest BCUT2D eigenvalue weighted by Gasteiger charge is 2.14. The molecule has 102 valence electrons.